The van der Waals surface area contributed by atoms with E-state index in [4.69, 9.17) is 4.74 Å². The Bertz CT molecular complexity index is 1470. The van der Waals surface area contributed by atoms with Gasteiger partial charge in [0.25, 0.3) is 0 Å². The zero-order valence-corrected chi connectivity index (χ0v) is 22.2. The number of ether oxygens (including phenoxy) is 1. The summed E-state index contributed by atoms with van der Waals surface area (Å²) in [6, 6.07) is 8.63. The van der Waals surface area contributed by atoms with Crippen LogP contribution in [-0.4, -0.2) is 40.5 Å². The lowest BCUT2D eigenvalue weighted by Crippen LogP contribution is -2.39. The number of halogens is 1. The fraction of sp³-hybridized carbons (Fsp3) is 0.286. The first-order valence-corrected chi connectivity index (χ1v) is 13.6. The van der Waals surface area contributed by atoms with E-state index in [1.165, 1.54) is 35.5 Å². The van der Waals surface area contributed by atoms with E-state index in [0.29, 0.717) is 28.9 Å². The first kappa shape index (κ1) is 24.1. The number of methoxy groups -OCH3 is 1. The molecule has 4 unspecified atom stereocenters. The van der Waals surface area contributed by atoms with Gasteiger partial charge in [-0.15, -0.1) is 11.3 Å². The van der Waals surface area contributed by atoms with Crippen LogP contribution in [0.1, 0.15) is 29.2 Å². The molecule has 1 aliphatic heterocycles. The Hall–Kier alpha value is -3.30. The third kappa shape index (κ3) is 3.67. The summed E-state index contributed by atoms with van der Waals surface area (Å²) in [4.78, 5) is 55.9. The number of carbonyl (C=O) groups is 4. The van der Waals surface area contributed by atoms with Crippen LogP contribution in [0.25, 0.3) is 0 Å². The van der Waals surface area contributed by atoms with Crippen LogP contribution in [0.2, 0.25) is 0 Å². The van der Waals surface area contributed by atoms with Crippen molar-refractivity contribution in [3.63, 3.8) is 0 Å². The van der Waals surface area contributed by atoms with Crippen molar-refractivity contribution in [2.45, 2.75) is 25.3 Å². The number of aromatic hydroxyl groups is 1. The molecule has 0 spiro atoms. The summed E-state index contributed by atoms with van der Waals surface area (Å²) in [7, 11) is 1.49. The molecule has 1 saturated heterocycles. The summed E-state index contributed by atoms with van der Waals surface area (Å²) in [6.07, 6.45) is 3.76. The maximum absolute atomic E-state index is 13.7. The van der Waals surface area contributed by atoms with Crippen molar-refractivity contribution in [3.8, 4) is 11.5 Å². The number of thiophene rings is 1. The fourth-order valence-electron chi connectivity index (χ4n) is 6.24. The number of likely N-dealkylation sites (tertiary alicyclic amines) is 1. The zero-order chi connectivity index (χ0) is 26.0. The summed E-state index contributed by atoms with van der Waals surface area (Å²) in [5, 5.41) is 12.9. The van der Waals surface area contributed by atoms with E-state index in [1.807, 2.05) is 23.6 Å². The van der Waals surface area contributed by atoms with Crippen LogP contribution in [0, 0.1) is 17.8 Å². The van der Waals surface area contributed by atoms with Crippen molar-refractivity contribution in [1.82, 2.24) is 4.90 Å². The molecule has 0 bridgehead atoms. The lowest BCUT2D eigenvalue weighted by Gasteiger charge is -2.42. The predicted molar refractivity (Wildman–Crippen MR) is 139 cm³/mol. The number of benzene rings is 1. The Balaban J connectivity index is 1.47. The largest absolute Gasteiger partial charge is 0.507 e. The number of carbonyl (C=O) groups excluding carboxylic acids is 4. The minimum atomic E-state index is -0.705. The third-order valence-electron chi connectivity index (χ3n) is 7.87. The van der Waals surface area contributed by atoms with Gasteiger partial charge in [0.05, 0.1) is 30.0 Å². The second-order valence-electron chi connectivity index (χ2n) is 9.66. The average Bonchev–Trinajstić information content (AvgIpc) is 3.49. The molecule has 1 aromatic heterocycles. The van der Waals surface area contributed by atoms with Gasteiger partial charge < -0.3 is 9.84 Å². The molecule has 2 heterocycles. The van der Waals surface area contributed by atoms with Crippen LogP contribution in [0.3, 0.4) is 0 Å². The number of nitrogens with zero attached hydrogens (tertiary/aromatic N) is 1. The van der Waals surface area contributed by atoms with Crippen molar-refractivity contribution in [3.05, 3.63) is 79.5 Å². The molecular formula is C28H22BrNO6S. The topological polar surface area (TPSA) is 101 Å². The number of Topliss-reactive ketones (excluding diaryl/α,β-unsaturated/α-hetero) is 1. The van der Waals surface area contributed by atoms with E-state index in [2.05, 4.69) is 15.9 Å². The van der Waals surface area contributed by atoms with E-state index in [1.54, 1.807) is 12.1 Å². The number of fused-ring (bicyclic) bond motifs is 3. The molecule has 1 fully saturated rings. The van der Waals surface area contributed by atoms with Gasteiger partial charge in [0.2, 0.25) is 11.8 Å². The highest BCUT2D eigenvalue weighted by Crippen LogP contribution is 2.56. The Morgan fingerprint density at radius 1 is 1.14 bits per heavy atom. The van der Waals surface area contributed by atoms with Crippen LogP contribution in [0.15, 0.2) is 69.1 Å². The maximum atomic E-state index is 13.7. The van der Waals surface area contributed by atoms with Crippen LogP contribution in [0.5, 0.6) is 11.5 Å². The molecule has 9 heteroatoms. The molecule has 4 aliphatic rings. The summed E-state index contributed by atoms with van der Waals surface area (Å²) in [5.74, 6) is -2.96. The minimum Gasteiger partial charge on any atom is -0.507 e. The average molecular weight is 580 g/mol. The van der Waals surface area contributed by atoms with Gasteiger partial charge in [0, 0.05) is 39.6 Å². The molecule has 4 atom stereocenters. The van der Waals surface area contributed by atoms with Gasteiger partial charge in [-0.1, -0.05) is 23.8 Å². The number of phenolic OH excluding ortho intramolecular Hbond substituents is 1. The van der Waals surface area contributed by atoms with Gasteiger partial charge in [0.15, 0.2) is 11.6 Å². The summed E-state index contributed by atoms with van der Waals surface area (Å²) < 4.78 is 5.40. The van der Waals surface area contributed by atoms with E-state index in [-0.39, 0.29) is 46.6 Å². The summed E-state index contributed by atoms with van der Waals surface area (Å²) in [6.45, 7) is 0.229. The van der Waals surface area contributed by atoms with Crippen molar-refractivity contribution < 1.29 is 29.0 Å². The van der Waals surface area contributed by atoms with Crippen LogP contribution >= 0.6 is 27.3 Å². The SMILES string of the molecule is COc1ccc(C2C3=CCC4C(=O)N(Cc5cccs5)C(=O)C4C3CC3=C2C(=O)C=C(Br)C3=O)c(O)c1. The number of amides is 2. The van der Waals surface area contributed by atoms with Gasteiger partial charge in [-0.25, -0.2) is 0 Å². The monoisotopic (exact) mass is 579 g/mol. The zero-order valence-electron chi connectivity index (χ0n) is 19.8. The number of hydrogen-bond acceptors (Lipinski definition) is 7. The van der Waals surface area contributed by atoms with Gasteiger partial charge in [-0.05, 0) is 52.2 Å². The Kier molecular flexibility index (Phi) is 5.80. The minimum absolute atomic E-state index is 0.0677. The van der Waals surface area contributed by atoms with E-state index in [0.717, 1.165) is 10.5 Å². The van der Waals surface area contributed by atoms with E-state index < -0.39 is 23.7 Å². The first-order chi connectivity index (χ1) is 17.8. The molecule has 0 saturated carbocycles. The fourth-order valence-corrected chi connectivity index (χ4v) is 7.38. The second-order valence-corrected chi connectivity index (χ2v) is 11.5. The quantitative estimate of drug-likeness (QED) is 0.327. The molecule has 2 amide bonds. The number of ketones is 2. The highest BCUT2D eigenvalue weighted by atomic mass is 79.9. The predicted octanol–water partition coefficient (Wildman–Crippen LogP) is 4.42. The van der Waals surface area contributed by atoms with E-state index >= 15 is 0 Å². The number of phenols is 1. The molecule has 2 aromatic rings. The standard InChI is InChI=1S/C28H22BrNO6S/c1-36-13-4-5-16(21(31)9-13)23-15-6-7-17-24(28(35)30(27(17)34)12-14-3-2-8-37-14)18(15)10-19-25(23)22(32)11-20(29)26(19)33/h2-6,8-9,11,17-18,23-24,31H,7,10,12H2,1H3. The van der Waals surface area contributed by atoms with Gasteiger partial charge >= 0.3 is 0 Å². The smallest absolute Gasteiger partial charge is 0.234 e. The molecule has 1 N–H and O–H groups in total. The highest BCUT2D eigenvalue weighted by Gasteiger charge is 2.56. The van der Waals surface area contributed by atoms with Crippen molar-refractivity contribution in [2.75, 3.05) is 7.11 Å². The lowest BCUT2D eigenvalue weighted by atomic mass is 9.59. The summed E-state index contributed by atoms with van der Waals surface area (Å²) >= 11 is 4.71. The number of hydrogen-bond donors (Lipinski definition) is 1. The maximum Gasteiger partial charge on any atom is 0.234 e. The lowest BCUT2D eigenvalue weighted by molar-refractivity contribution is -0.140. The van der Waals surface area contributed by atoms with Crippen LogP contribution < -0.4 is 4.74 Å². The molecule has 1 aromatic carbocycles. The molecule has 0 radical (unpaired) electrons. The Labute approximate surface area is 225 Å². The van der Waals surface area contributed by atoms with Gasteiger partial charge in [0.1, 0.15) is 11.5 Å². The highest BCUT2D eigenvalue weighted by molar-refractivity contribution is 9.12. The van der Waals surface area contributed by atoms with Crippen molar-refractivity contribution in [1.29, 1.82) is 0 Å². The molecule has 6 rings (SSSR count). The van der Waals surface area contributed by atoms with Crippen molar-refractivity contribution >= 4 is 50.6 Å². The van der Waals surface area contributed by atoms with Crippen LogP contribution in [0.4, 0.5) is 0 Å². The van der Waals surface area contributed by atoms with Crippen molar-refractivity contribution in [2.24, 2.45) is 17.8 Å². The summed E-state index contributed by atoms with van der Waals surface area (Å²) in [5.41, 5.74) is 1.91. The van der Waals surface area contributed by atoms with Gasteiger partial charge in [-0.3, -0.25) is 24.1 Å². The Morgan fingerprint density at radius 2 is 1.95 bits per heavy atom. The van der Waals surface area contributed by atoms with Crippen LogP contribution in [-0.2, 0) is 25.7 Å². The Morgan fingerprint density at radius 3 is 2.65 bits per heavy atom. The molecule has 188 valence electrons. The van der Waals surface area contributed by atoms with E-state index in [9.17, 15) is 24.3 Å². The van der Waals surface area contributed by atoms with Gasteiger partial charge in [-0.2, -0.15) is 0 Å². The number of rotatable bonds is 4. The first-order valence-electron chi connectivity index (χ1n) is 11.9. The molecule has 7 nitrogen and oxygen atoms in total. The molecule has 37 heavy (non-hydrogen) atoms. The molecule has 3 aliphatic carbocycles. The number of imide groups is 1. The molecular weight excluding hydrogens is 558 g/mol. The third-order valence-corrected chi connectivity index (χ3v) is 9.32. The second kappa shape index (κ2) is 8.92. The number of allylic oxidation sites excluding steroid dienone is 6. The normalized spacial score (nSPS) is 27.0.